The van der Waals surface area contributed by atoms with Crippen LogP contribution in [0.2, 0.25) is 0 Å². The molecule has 0 saturated carbocycles. The molecule has 4 nitrogen and oxygen atoms in total. The second-order valence-corrected chi connectivity index (χ2v) is 4.66. The number of carbonyl (C=O) groups is 2. The van der Waals surface area contributed by atoms with E-state index in [1.165, 1.54) is 6.92 Å². The molecule has 1 unspecified atom stereocenters. The Labute approximate surface area is 117 Å². The van der Waals surface area contributed by atoms with E-state index < -0.39 is 41.0 Å². The van der Waals surface area contributed by atoms with Crippen LogP contribution in [0.1, 0.15) is 22.8 Å². The maximum absolute atomic E-state index is 13.7. The quantitative estimate of drug-likeness (QED) is 0.804. The van der Waals surface area contributed by atoms with Crippen molar-refractivity contribution >= 4 is 11.8 Å². The van der Waals surface area contributed by atoms with E-state index in [2.05, 4.69) is 5.32 Å². The van der Waals surface area contributed by atoms with Gasteiger partial charge in [0.05, 0.1) is 11.1 Å². The summed E-state index contributed by atoms with van der Waals surface area (Å²) in [6.07, 6.45) is -4.67. The summed E-state index contributed by atoms with van der Waals surface area (Å²) in [5.74, 6) is -2.41. The van der Waals surface area contributed by atoms with Gasteiger partial charge in [-0.15, -0.1) is 0 Å². The molecule has 0 spiro atoms. The molecule has 0 radical (unpaired) electrons. The van der Waals surface area contributed by atoms with E-state index in [0.717, 1.165) is 4.90 Å². The number of rotatable bonds is 1. The molecule has 1 saturated heterocycles. The fourth-order valence-corrected chi connectivity index (χ4v) is 2.08. The molecule has 1 N–H and O–H groups in total. The monoisotopic (exact) mass is 304 g/mol. The molecule has 1 aliphatic rings. The lowest BCUT2D eigenvalue weighted by atomic mass is 10.1. The number of alkyl halides is 3. The predicted molar refractivity (Wildman–Crippen MR) is 64.9 cm³/mol. The fourth-order valence-electron chi connectivity index (χ4n) is 2.08. The molecule has 1 atom stereocenters. The average molecular weight is 304 g/mol. The van der Waals surface area contributed by atoms with Gasteiger partial charge in [0, 0.05) is 13.1 Å². The lowest BCUT2D eigenvalue weighted by Gasteiger charge is -2.33. The van der Waals surface area contributed by atoms with Crippen molar-refractivity contribution in [1.29, 1.82) is 0 Å². The topological polar surface area (TPSA) is 49.4 Å². The number of halogens is 4. The van der Waals surface area contributed by atoms with Gasteiger partial charge in [-0.25, -0.2) is 4.39 Å². The zero-order valence-electron chi connectivity index (χ0n) is 11.0. The van der Waals surface area contributed by atoms with Crippen molar-refractivity contribution < 1.29 is 27.2 Å². The van der Waals surface area contributed by atoms with Gasteiger partial charge in [-0.1, -0.05) is 0 Å². The molecule has 0 aromatic heterocycles. The summed E-state index contributed by atoms with van der Waals surface area (Å²) in [7, 11) is 0. The largest absolute Gasteiger partial charge is 0.416 e. The predicted octanol–water partition coefficient (Wildman–Crippen LogP) is 1.81. The highest BCUT2D eigenvalue weighted by molar-refractivity contribution is 5.98. The molecule has 1 aromatic rings. The van der Waals surface area contributed by atoms with Crippen molar-refractivity contribution in [3.63, 3.8) is 0 Å². The van der Waals surface area contributed by atoms with Crippen LogP contribution in [-0.2, 0) is 11.0 Å². The maximum atomic E-state index is 13.7. The van der Waals surface area contributed by atoms with Gasteiger partial charge in [-0.3, -0.25) is 9.59 Å². The van der Waals surface area contributed by atoms with Crippen molar-refractivity contribution in [2.24, 2.45) is 0 Å². The molecule has 2 amide bonds. The third kappa shape index (κ3) is 2.98. The second kappa shape index (κ2) is 5.34. The Morgan fingerprint density at radius 1 is 1.38 bits per heavy atom. The summed E-state index contributed by atoms with van der Waals surface area (Å²) in [4.78, 5) is 24.7. The average Bonchev–Trinajstić information content (AvgIpc) is 2.40. The van der Waals surface area contributed by atoms with Gasteiger partial charge in [0.1, 0.15) is 11.9 Å². The van der Waals surface area contributed by atoms with Gasteiger partial charge < -0.3 is 10.2 Å². The molecule has 114 valence electrons. The number of piperazine rings is 1. The van der Waals surface area contributed by atoms with Gasteiger partial charge in [0.2, 0.25) is 5.91 Å². The second-order valence-electron chi connectivity index (χ2n) is 4.66. The minimum atomic E-state index is -4.67. The number of hydrogen-bond donors (Lipinski definition) is 1. The molecule has 1 aliphatic heterocycles. The first-order chi connectivity index (χ1) is 9.71. The van der Waals surface area contributed by atoms with E-state index in [9.17, 15) is 27.2 Å². The van der Waals surface area contributed by atoms with Crippen LogP contribution in [0.4, 0.5) is 17.6 Å². The van der Waals surface area contributed by atoms with Crippen LogP contribution in [0.3, 0.4) is 0 Å². The van der Waals surface area contributed by atoms with Crippen LogP contribution in [-0.4, -0.2) is 35.8 Å². The van der Waals surface area contributed by atoms with Crippen molar-refractivity contribution in [2.45, 2.75) is 19.1 Å². The zero-order chi connectivity index (χ0) is 15.8. The fraction of sp³-hybridized carbons (Fsp3) is 0.385. The lowest BCUT2D eigenvalue weighted by molar-refractivity contribution is -0.137. The molecular formula is C13H12F4N2O2. The minimum absolute atomic E-state index is 0.113. The van der Waals surface area contributed by atoms with Gasteiger partial charge in [0.25, 0.3) is 5.91 Å². The number of amides is 2. The molecule has 8 heteroatoms. The number of hydrogen-bond acceptors (Lipinski definition) is 2. The number of nitrogens with one attached hydrogen (secondary N) is 1. The Hall–Kier alpha value is -2.12. The number of benzene rings is 1. The van der Waals surface area contributed by atoms with Crippen LogP contribution in [0.5, 0.6) is 0 Å². The third-order valence-electron chi connectivity index (χ3n) is 3.28. The Bertz CT molecular complexity index is 586. The highest BCUT2D eigenvalue weighted by Gasteiger charge is 2.35. The first-order valence-electron chi connectivity index (χ1n) is 6.17. The SMILES string of the molecule is CC1C(=O)NCCN1C(=O)c1cc(C(F)(F)F)ccc1F. The third-order valence-corrected chi connectivity index (χ3v) is 3.28. The van der Waals surface area contributed by atoms with Crippen LogP contribution in [0, 0.1) is 5.82 Å². The summed E-state index contributed by atoms with van der Waals surface area (Å²) in [6, 6.07) is 0.778. The number of nitrogens with zero attached hydrogens (tertiary/aromatic N) is 1. The van der Waals surface area contributed by atoms with Crippen molar-refractivity contribution in [3.05, 3.63) is 35.1 Å². The standard InChI is InChI=1S/C13H12F4N2O2/c1-7-11(20)18-4-5-19(7)12(21)9-6-8(13(15,16)17)2-3-10(9)14/h2-3,6-7H,4-5H2,1H3,(H,18,20). The first kappa shape index (κ1) is 15.3. The van der Waals surface area contributed by atoms with Crippen LogP contribution in [0.15, 0.2) is 18.2 Å². The molecule has 1 aromatic carbocycles. The van der Waals surface area contributed by atoms with Crippen molar-refractivity contribution in [3.8, 4) is 0 Å². The number of carbonyl (C=O) groups excluding carboxylic acids is 2. The Morgan fingerprint density at radius 2 is 2.05 bits per heavy atom. The van der Waals surface area contributed by atoms with Crippen LogP contribution in [0.25, 0.3) is 0 Å². The van der Waals surface area contributed by atoms with E-state index >= 15 is 0 Å². The maximum Gasteiger partial charge on any atom is 0.416 e. The minimum Gasteiger partial charge on any atom is -0.353 e. The normalized spacial score (nSPS) is 19.4. The smallest absolute Gasteiger partial charge is 0.353 e. The van der Waals surface area contributed by atoms with Crippen LogP contribution < -0.4 is 5.32 Å². The molecular weight excluding hydrogens is 292 g/mol. The highest BCUT2D eigenvalue weighted by atomic mass is 19.4. The molecule has 21 heavy (non-hydrogen) atoms. The van der Waals surface area contributed by atoms with E-state index in [0.29, 0.717) is 18.2 Å². The molecule has 0 aliphatic carbocycles. The van der Waals surface area contributed by atoms with Crippen LogP contribution >= 0.6 is 0 Å². The molecule has 1 heterocycles. The summed E-state index contributed by atoms with van der Waals surface area (Å²) in [5, 5.41) is 2.51. The summed E-state index contributed by atoms with van der Waals surface area (Å²) < 4.78 is 51.6. The molecule has 1 fully saturated rings. The van der Waals surface area contributed by atoms with Crippen molar-refractivity contribution in [1.82, 2.24) is 10.2 Å². The van der Waals surface area contributed by atoms with E-state index in [1.807, 2.05) is 0 Å². The van der Waals surface area contributed by atoms with E-state index in [1.54, 1.807) is 0 Å². The highest BCUT2D eigenvalue weighted by Crippen LogP contribution is 2.30. The van der Waals surface area contributed by atoms with Gasteiger partial charge in [-0.05, 0) is 25.1 Å². The first-order valence-corrected chi connectivity index (χ1v) is 6.17. The zero-order valence-corrected chi connectivity index (χ0v) is 11.0. The van der Waals surface area contributed by atoms with Gasteiger partial charge in [-0.2, -0.15) is 13.2 Å². The van der Waals surface area contributed by atoms with E-state index in [4.69, 9.17) is 0 Å². The summed E-state index contributed by atoms with van der Waals surface area (Å²) in [5.41, 5.74) is -1.80. The molecule has 0 bridgehead atoms. The van der Waals surface area contributed by atoms with Gasteiger partial charge >= 0.3 is 6.18 Å². The van der Waals surface area contributed by atoms with Crippen molar-refractivity contribution in [2.75, 3.05) is 13.1 Å². The van der Waals surface area contributed by atoms with E-state index in [-0.39, 0.29) is 13.1 Å². The Morgan fingerprint density at radius 3 is 2.67 bits per heavy atom. The lowest BCUT2D eigenvalue weighted by Crippen LogP contribution is -2.56. The molecule has 2 rings (SSSR count). The summed E-state index contributed by atoms with van der Waals surface area (Å²) in [6.45, 7) is 1.72. The Kier molecular flexibility index (Phi) is 3.89. The van der Waals surface area contributed by atoms with Gasteiger partial charge in [0.15, 0.2) is 0 Å². The Balaban J connectivity index is 2.36. The summed E-state index contributed by atoms with van der Waals surface area (Å²) >= 11 is 0.